The maximum absolute atomic E-state index is 5.81. The van der Waals surface area contributed by atoms with Gasteiger partial charge >= 0.3 is 0 Å². The second-order valence-corrected chi connectivity index (χ2v) is 4.25. The molecule has 0 aliphatic carbocycles. The third-order valence-corrected chi connectivity index (χ3v) is 2.48. The number of rotatable bonds is 1. The van der Waals surface area contributed by atoms with Gasteiger partial charge in [0.2, 0.25) is 5.96 Å². The maximum atomic E-state index is 5.81. The Morgan fingerprint density at radius 3 is 2.82 bits per heavy atom. The lowest BCUT2D eigenvalue weighted by molar-refractivity contribution is 0.760. The first-order valence-corrected chi connectivity index (χ1v) is 5.68. The third-order valence-electron chi connectivity index (χ3n) is 2.23. The highest BCUT2D eigenvalue weighted by Crippen LogP contribution is 2.13. The molecule has 90 valence electrons. The summed E-state index contributed by atoms with van der Waals surface area (Å²) in [6.07, 6.45) is 0. The minimum absolute atomic E-state index is 0.0957. The van der Waals surface area contributed by atoms with Crippen LogP contribution in [0.3, 0.4) is 0 Å². The summed E-state index contributed by atoms with van der Waals surface area (Å²) in [4.78, 5) is 8.53. The Hall–Kier alpha value is -1.75. The topological polar surface area (TPSA) is 74.8 Å². The first-order chi connectivity index (χ1) is 8.13. The Kier molecular flexibility index (Phi) is 3.49. The Labute approximate surface area is 105 Å². The quantitative estimate of drug-likeness (QED) is 0.707. The average Bonchev–Trinajstić information content (AvgIpc) is 2.44. The molecule has 1 heterocycles. The molecule has 1 aliphatic rings. The van der Waals surface area contributed by atoms with Crippen LogP contribution in [0, 0.1) is 0 Å². The van der Waals surface area contributed by atoms with Crippen LogP contribution in [-0.2, 0) is 0 Å². The largest absolute Gasteiger partial charge is 0.370 e. The predicted octanol–water partition coefficient (Wildman–Crippen LogP) is 1.41. The molecule has 0 saturated heterocycles. The van der Waals surface area contributed by atoms with Crippen LogP contribution in [0.2, 0.25) is 5.02 Å². The molecular formula is C11H14ClN5. The number of hydrogen-bond donors (Lipinski definition) is 3. The van der Waals surface area contributed by atoms with Crippen molar-refractivity contribution in [1.82, 2.24) is 5.32 Å². The summed E-state index contributed by atoms with van der Waals surface area (Å²) < 4.78 is 0. The van der Waals surface area contributed by atoms with Crippen LogP contribution in [0.15, 0.2) is 34.3 Å². The third kappa shape index (κ3) is 3.35. The fraction of sp³-hybridized carbons (Fsp3) is 0.273. The molecule has 17 heavy (non-hydrogen) atoms. The molecule has 1 aliphatic heterocycles. The molecule has 1 atom stereocenters. The van der Waals surface area contributed by atoms with E-state index in [1.807, 2.05) is 31.2 Å². The molecular weight excluding hydrogens is 238 g/mol. The van der Waals surface area contributed by atoms with Crippen molar-refractivity contribution in [2.75, 3.05) is 11.9 Å². The zero-order chi connectivity index (χ0) is 12.3. The highest BCUT2D eigenvalue weighted by molar-refractivity contribution is 6.30. The van der Waals surface area contributed by atoms with Crippen molar-refractivity contribution < 1.29 is 0 Å². The summed E-state index contributed by atoms with van der Waals surface area (Å²) in [5.41, 5.74) is 6.55. The summed E-state index contributed by atoms with van der Waals surface area (Å²) in [5, 5.41) is 6.73. The standard InChI is InChI=1S/C11H14ClN5/c1-7-6-14-10(13)17-11(15-7)16-9-4-2-8(12)3-5-9/h2-5,7H,6H2,1H3,(H4,13,14,15,16,17)/t7-/m0/s1. The van der Waals surface area contributed by atoms with Crippen molar-refractivity contribution in [2.45, 2.75) is 13.0 Å². The molecule has 0 radical (unpaired) electrons. The zero-order valence-corrected chi connectivity index (χ0v) is 10.2. The minimum Gasteiger partial charge on any atom is -0.370 e. The first-order valence-electron chi connectivity index (χ1n) is 5.31. The Balaban J connectivity index is 2.12. The second-order valence-electron chi connectivity index (χ2n) is 3.81. The molecule has 1 aromatic rings. The van der Waals surface area contributed by atoms with Crippen molar-refractivity contribution in [3.05, 3.63) is 29.3 Å². The Morgan fingerprint density at radius 2 is 2.12 bits per heavy atom. The van der Waals surface area contributed by atoms with E-state index in [1.54, 1.807) is 0 Å². The van der Waals surface area contributed by atoms with E-state index in [1.165, 1.54) is 0 Å². The van der Waals surface area contributed by atoms with E-state index in [9.17, 15) is 0 Å². The van der Waals surface area contributed by atoms with Gasteiger partial charge in [0.05, 0.1) is 12.6 Å². The van der Waals surface area contributed by atoms with E-state index in [0.717, 1.165) is 5.69 Å². The van der Waals surface area contributed by atoms with Crippen molar-refractivity contribution in [1.29, 1.82) is 0 Å². The van der Waals surface area contributed by atoms with Gasteiger partial charge in [-0.05, 0) is 31.2 Å². The van der Waals surface area contributed by atoms with Crippen LogP contribution in [0.5, 0.6) is 0 Å². The van der Waals surface area contributed by atoms with Crippen LogP contribution in [-0.4, -0.2) is 24.5 Å². The van der Waals surface area contributed by atoms with Gasteiger partial charge in [-0.3, -0.25) is 10.3 Å². The molecule has 0 amide bonds. The van der Waals surface area contributed by atoms with E-state index >= 15 is 0 Å². The van der Waals surface area contributed by atoms with E-state index in [0.29, 0.717) is 23.5 Å². The maximum Gasteiger partial charge on any atom is 0.202 e. The normalized spacial score (nSPS) is 19.8. The number of guanidine groups is 2. The lowest BCUT2D eigenvalue weighted by atomic mass is 10.3. The lowest BCUT2D eigenvalue weighted by Gasteiger charge is -2.10. The summed E-state index contributed by atoms with van der Waals surface area (Å²) in [7, 11) is 0. The number of aliphatic imine (C=N–C) groups is 2. The summed E-state index contributed by atoms with van der Waals surface area (Å²) in [5.74, 6) is 0.966. The van der Waals surface area contributed by atoms with Crippen molar-refractivity contribution in [3.8, 4) is 0 Å². The number of nitrogens with two attached hydrogens (primary N) is 1. The SMILES string of the molecule is C[C@H]1CN=C(N)NC(Nc2ccc(Cl)cc2)=N1. The number of nitrogens with zero attached hydrogens (tertiary/aromatic N) is 2. The molecule has 0 spiro atoms. The highest BCUT2D eigenvalue weighted by atomic mass is 35.5. The van der Waals surface area contributed by atoms with Gasteiger partial charge in [-0.15, -0.1) is 0 Å². The van der Waals surface area contributed by atoms with Crippen molar-refractivity contribution >= 4 is 29.2 Å². The minimum atomic E-state index is 0.0957. The van der Waals surface area contributed by atoms with E-state index in [2.05, 4.69) is 20.6 Å². The number of benzene rings is 1. The van der Waals surface area contributed by atoms with E-state index < -0.39 is 0 Å². The van der Waals surface area contributed by atoms with Gasteiger partial charge in [-0.1, -0.05) is 11.6 Å². The molecule has 0 unspecified atom stereocenters. The summed E-state index contributed by atoms with van der Waals surface area (Å²) in [6.45, 7) is 2.57. The zero-order valence-electron chi connectivity index (χ0n) is 9.44. The predicted molar refractivity (Wildman–Crippen MR) is 71.6 cm³/mol. The molecule has 1 aromatic carbocycles. The molecule has 0 aromatic heterocycles. The van der Waals surface area contributed by atoms with Gasteiger partial charge in [0.15, 0.2) is 5.96 Å². The molecule has 6 heteroatoms. The molecule has 4 N–H and O–H groups in total. The lowest BCUT2D eigenvalue weighted by Crippen LogP contribution is -2.40. The van der Waals surface area contributed by atoms with Gasteiger partial charge in [0, 0.05) is 10.7 Å². The van der Waals surface area contributed by atoms with Crippen molar-refractivity contribution in [3.63, 3.8) is 0 Å². The summed E-state index contributed by atoms with van der Waals surface area (Å²) >= 11 is 5.81. The fourth-order valence-corrected chi connectivity index (χ4v) is 1.54. The molecule has 0 fully saturated rings. The van der Waals surface area contributed by atoms with E-state index in [-0.39, 0.29) is 6.04 Å². The first kappa shape index (κ1) is 11.7. The second kappa shape index (κ2) is 5.05. The molecule has 0 saturated carbocycles. The van der Waals surface area contributed by atoms with Crippen molar-refractivity contribution in [2.24, 2.45) is 15.7 Å². The number of hydrogen-bond acceptors (Lipinski definition) is 5. The van der Waals surface area contributed by atoms with Crippen LogP contribution < -0.4 is 16.4 Å². The van der Waals surface area contributed by atoms with Gasteiger partial charge in [0.1, 0.15) is 0 Å². The van der Waals surface area contributed by atoms with Crippen LogP contribution in [0.4, 0.5) is 5.69 Å². The van der Waals surface area contributed by atoms with Crippen LogP contribution in [0.1, 0.15) is 6.92 Å². The molecule has 2 rings (SSSR count). The van der Waals surface area contributed by atoms with Gasteiger partial charge in [-0.25, -0.2) is 4.99 Å². The number of anilines is 1. The molecule has 0 bridgehead atoms. The van der Waals surface area contributed by atoms with Crippen LogP contribution >= 0.6 is 11.6 Å². The molecule has 5 nitrogen and oxygen atoms in total. The monoisotopic (exact) mass is 251 g/mol. The highest BCUT2D eigenvalue weighted by Gasteiger charge is 2.09. The number of nitrogens with one attached hydrogen (secondary N) is 2. The summed E-state index contributed by atoms with van der Waals surface area (Å²) in [6, 6.07) is 7.45. The number of halogens is 1. The Morgan fingerprint density at radius 1 is 1.41 bits per heavy atom. The van der Waals surface area contributed by atoms with Gasteiger partial charge in [0.25, 0.3) is 0 Å². The fourth-order valence-electron chi connectivity index (χ4n) is 1.42. The van der Waals surface area contributed by atoms with Gasteiger partial charge < -0.3 is 11.1 Å². The van der Waals surface area contributed by atoms with Crippen LogP contribution in [0.25, 0.3) is 0 Å². The van der Waals surface area contributed by atoms with E-state index in [4.69, 9.17) is 17.3 Å². The average molecular weight is 252 g/mol. The smallest absolute Gasteiger partial charge is 0.202 e. The van der Waals surface area contributed by atoms with Gasteiger partial charge in [-0.2, -0.15) is 0 Å². The Bertz CT molecular complexity index is 451.